The van der Waals surface area contributed by atoms with Gasteiger partial charge < -0.3 is 5.32 Å². The van der Waals surface area contributed by atoms with E-state index in [0.717, 1.165) is 24.8 Å². The fourth-order valence-electron chi connectivity index (χ4n) is 4.48. The van der Waals surface area contributed by atoms with E-state index >= 15 is 0 Å². The van der Waals surface area contributed by atoms with Crippen LogP contribution < -0.4 is 5.32 Å². The monoisotopic (exact) mass is 445 g/mol. The Morgan fingerprint density at radius 2 is 1.88 bits per heavy atom. The smallest absolute Gasteiger partial charge is 0.273 e. The molecule has 3 aromatic rings. The van der Waals surface area contributed by atoms with Crippen LogP contribution in [0.3, 0.4) is 0 Å². The maximum absolute atomic E-state index is 13.2. The number of benzene rings is 2. The van der Waals surface area contributed by atoms with Gasteiger partial charge in [-0.1, -0.05) is 36.4 Å². The van der Waals surface area contributed by atoms with Gasteiger partial charge in [-0.05, 0) is 48.1 Å². The van der Waals surface area contributed by atoms with Gasteiger partial charge in [0.2, 0.25) is 5.91 Å². The summed E-state index contributed by atoms with van der Waals surface area (Å²) in [6.07, 6.45) is 5.20. The summed E-state index contributed by atoms with van der Waals surface area (Å²) in [5, 5.41) is 13.0. The van der Waals surface area contributed by atoms with Gasteiger partial charge in [-0.2, -0.15) is 10.2 Å². The zero-order valence-electron chi connectivity index (χ0n) is 18.1. The molecule has 2 aromatic carbocycles. The molecular weight excluding hydrogens is 421 g/mol. The van der Waals surface area contributed by atoms with Crippen LogP contribution in [0.15, 0.2) is 65.9 Å². The molecule has 1 aliphatic heterocycles. The molecule has 0 fully saturated rings. The van der Waals surface area contributed by atoms with Crippen molar-refractivity contribution in [3.05, 3.63) is 83.3 Å². The largest absolute Gasteiger partial charge is 0.306 e. The van der Waals surface area contributed by atoms with Crippen LogP contribution in [0.25, 0.3) is 0 Å². The van der Waals surface area contributed by atoms with Crippen molar-refractivity contribution in [2.45, 2.75) is 44.7 Å². The summed E-state index contributed by atoms with van der Waals surface area (Å²) in [7, 11) is 0. The van der Waals surface area contributed by atoms with Crippen molar-refractivity contribution >= 4 is 23.3 Å². The lowest BCUT2D eigenvalue weighted by molar-refractivity contribution is -0.132. The molecule has 0 unspecified atom stereocenters. The third-order valence-corrected chi connectivity index (χ3v) is 6.16. The molecule has 1 aromatic heterocycles. The quantitative estimate of drug-likeness (QED) is 0.643. The maximum Gasteiger partial charge on any atom is 0.273 e. The third kappa shape index (κ3) is 4.41. The Labute approximate surface area is 190 Å². The number of carbonyl (C=O) groups excluding carboxylic acids is 2. The predicted octanol–water partition coefficient (Wildman–Crippen LogP) is 4.07. The van der Waals surface area contributed by atoms with E-state index < -0.39 is 0 Å². The highest BCUT2D eigenvalue weighted by molar-refractivity contribution is 6.43. The van der Waals surface area contributed by atoms with Gasteiger partial charge in [-0.25, -0.2) is 14.1 Å². The Bertz CT molecular complexity index is 1220. The molecule has 0 bridgehead atoms. The van der Waals surface area contributed by atoms with Gasteiger partial charge in [0.15, 0.2) is 0 Å². The van der Waals surface area contributed by atoms with Crippen LogP contribution in [0.4, 0.5) is 10.2 Å². The van der Waals surface area contributed by atoms with Crippen LogP contribution in [0, 0.1) is 5.82 Å². The summed E-state index contributed by atoms with van der Waals surface area (Å²) < 4.78 is 15.0. The van der Waals surface area contributed by atoms with Crippen LogP contribution in [-0.2, 0) is 22.6 Å². The molecular formula is C25H24FN5O2. The molecule has 168 valence electrons. The number of anilines is 1. The minimum atomic E-state index is -0.350. The molecule has 7 nitrogen and oxygen atoms in total. The summed E-state index contributed by atoms with van der Waals surface area (Å²) in [5.74, 6) is -0.256. The molecule has 0 saturated carbocycles. The highest BCUT2D eigenvalue weighted by Gasteiger charge is 2.27. The molecule has 1 N–H and O–H groups in total. The number of amides is 2. The van der Waals surface area contributed by atoms with E-state index in [0.29, 0.717) is 5.82 Å². The number of aryl methyl sites for hydroxylation is 1. The number of fused-ring (bicyclic) bond motifs is 1. The Balaban J connectivity index is 1.34. The van der Waals surface area contributed by atoms with Gasteiger partial charge in [-0.3, -0.25) is 9.59 Å². The molecule has 33 heavy (non-hydrogen) atoms. The van der Waals surface area contributed by atoms with Crippen molar-refractivity contribution in [2.24, 2.45) is 5.10 Å². The van der Waals surface area contributed by atoms with Crippen LogP contribution in [-0.4, -0.2) is 32.3 Å². The van der Waals surface area contributed by atoms with E-state index in [-0.39, 0.29) is 48.8 Å². The molecule has 2 aliphatic rings. The zero-order valence-corrected chi connectivity index (χ0v) is 18.1. The molecule has 8 heteroatoms. The van der Waals surface area contributed by atoms with Crippen molar-refractivity contribution in [2.75, 3.05) is 5.32 Å². The van der Waals surface area contributed by atoms with Crippen molar-refractivity contribution in [3.63, 3.8) is 0 Å². The first-order valence-electron chi connectivity index (χ1n) is 11.1. The minimum Gasteiger partial charge on any atom is -0.306 e. The molecule has 0 saturated heterocycles. The van der Waals surface area contributed by atoms with E-state index in [1.807, 2.05) is 16.8 Å². The average molecular weight is 445 g/mol. The van der Waals surface area contributed by atoms with Crippen molar-refractivity contribution < 1.29 is 14.0 Å². The lowest BCUT2D eigenvalue weighted by Crippen LogP contribution is -2.36. The zero-order chi connectivity index (χ0) is 22.8. The second-order valence-corrected chi connectivity index (χ2v) is 8.35. The number of aromatic nitrogens is 2. The molecule has 1 atom stereocenters. The second-order valence-electron chi connectivity index (χ2n) is 8.35. The van der Waals surface area contributed by atoms with Gasteiger partial charge in [-0.15, -0.1) is 0 Å². The summed E-state index contributed by atoms with van der Waals surface area (Å²) in [6.45, 7) is 0.187. The van der Waals surface area contributed by atoms with Crippen molar-refractivity contribution in [3.8, 4) is 0 Å². The standard InChI is InChI=1S/C25H24FN5O2/c26-19-10-8-17(9-11-19)16-30-24(32)13-12-21(29-30)25(33)28-23-14-15-27-31(23)22-7-3-5-18-4-1-2-6-20(18)22/h1-2,4,6,8-11,14-15,22H,3,5,7,12-13,16H2,(H,28,33)/t22-/m0/s1. The summed E-state index contributed by atoms with van der Waals surface area (Å²) in [6, 6.07) is 16.1. The van der Waals surface area contributed by atoms with Gasteiger partial charge in [0, 0.05) is 18.9 Å². The van der Waals surface area contributed by atoms with Crippen LogP contribution in [0.1, 0.15) is 48.4 Å². The Morgan fingerprint density at radius 1 is 1.06 bits per heavy atom. The second kappa shape index (κ2) is 8.97. The first-order chi connectivity index (χ1) is 16.1. The summed E-state index contributed by atoms with van der Waals surface area (Å²) in [4.78, 5) is 25.4. The topological polar surface area (TPSA) is 79.6 Å². The number of hydrogen-bond donors (Lipinski definition) is 1. The molecule has 0 radical (unpaired) electrons. The van der Waals surface area contributed by atoms with Gasteiger partial charge in [0.25, 0.3) is 5.91 Å². The fraction of sp³-hybridized carbons (Fsp3) is 0.280. The molecule has 0 spiro atoms. The number of rotatable bonds is 5. The molecule has 2 amide bonds. The molecule has 1 aliphatic carbocycles. The van der Waals surface area contributed by atoms with Gasteiger partial charge in [0.05, 0.1) is 18.8 Å². The SMILES string of the molecule is O=C(Nc1ccnn1[C@H]1CCCc2ccccc21)C1=NN(Cc2ccc(F)cc2)C(=O)CC1. The number of hydrogen-bond acceptors (Lipinski definition) is 4. The lowest BCUT2D eigenvalue weighted by atomic mass is 9.88. The number of halogens is 1. The van der Waals surface area contributed by atoms with Crippen LogP contribution >= 0.6 is 0 Å². The van der Waals surface area contributed by atoms with E-state index in [2.05, 4.69) is 27.6 Å². The number of nitrogens with zero attached hydrogens (tertiary/aromatic N) is 4. The average Bonchev–Trinajstić information content (AvgIpc) is 3.29. The van der Waals surface area contributed by atoms with E-state index in [1.165, 1.54) is 28.3 Å². The first-order valence-corrected chi connectivity index (χ1v) is 11.1. The van der Waals surface area contributed by atoms with Gasteiger partial charge >= 0.3 is 0 Å². The van der Waals surface area contributed by atoms with Gasteiger partial charge in [0.1, 0.15) is 17.3 Å². The first kappa shape index (κ1) is 21.1. The minimum absolute atomic E-state index is 0.0603. The van der Waals surface area contributed by atoms with E-state index in [4.69, 9.17) is 0 Å². The normalized spacial score (nSPS) is 18.0. The fourth-order valence-corrected chi connectivity index (χ4v) is 4.48. The highest BCUT2D eigenvalue weighted by atomic mass is 19.1. The number of hydrazone groups is 1. The Kier molecular flexibility index (Phi) is 5.73. The molecule has 5 rings (SSSR count). The van der Waals surface area contributed by atoms with Crippen molar-refractivity contribution in [1.29, 1.82) is 0 Å². The third-order valence-electron chi connectivity index (χ3n) is 6.16. The van der Waals surface area contributed by atoms with Crippen LogP contribution in [0.2, 0.25) is 0 Å². The van der Waals surface area contributed by atoms with Crippen LogP contribution in [0.5, 0.6) is 0 Å². The molecule has 2 heterocycles. The Hall–Kier alpha value is -3.81. The summed E-state index contributed by atoms with van der Waals surface area (Å²) in [5.41, 5.74) is 3.57. The number of carbonyl (C=O) groups is 2. The van der Waals surface area contributed by atoms with Crippen molar-refractivity contribution in [1.82, 2.24) is 14.8 Å². The van der Waals surface area contributed by atoms with E-state index in [1.54, 1.807) is 24.4 Å². The maximum atomic E-state index is 13.2. The number of nitrogens with one attached hydrogen (secondary N) is 1. The lowest BCUT2D eigenvalue weighted by Gasteiger charge is -2.27. The van der Waals surface area contributed by atoms with E-state index in [9.17, 15) is 14.0 Å². The highest BCUT2D eigenvalue weighted by Crippen LogP contribution is 2.34. The Morgan fingerprint density at radius 3 is 2.73 bits per heavy atom. The summed E-state index contributed by atoms with van der Waals surface area (Å²) >= 11 is 0. The predicted molar refractivity (Wildman–Crippen MR) is 122 cm³/mol.